The first-order valence-electron chi connectivity index (χ1n) is 6.86. The SMILES string of the molecule is CC(Cn1nnnc1CNC1CC1)c1ccccc1. The van der Waals surface area contributed by atoms with E-state index in [1.165, 1.54) is 18.4 Å². The van der Waals surface area contributed by atoms with Crippen molar-refractivity contribution in [3.8, 4) is 0 Å². The van der Waals surface area contributed by atoms with E-state index in [-0.39, 0.29) is 0 Å². The van der Waals surface area contributed by atoms with E-state index in [4.69, 9.17) is 0 Å². The van der Waals surface area contributed by atoms with E-state index >= 15 is 0 Å². The maximum absolute atomic E-state index is 4.10. The van der Waals surface area contributed by atoms with Crippen molar-refractivity contribution in [2.75, 3.05) is 0 Å². The molecule has 2 aromatic rings. The Hall–Kier alpha value is -1.75. The van der Waals surface area contributed by atoms with Crippen LogP contribution < -0.4 is 5.32 Å². The van der Waals surface area contributed by atoms with Gasteiger partial charge in [0.25, 0.3) is 0 Å². The van der Waals surface area contributed by atoms with Gasteiger partial charge in [-0.05, 0) is 28.8 Å². The molecule has 1 aliphatic rings. The molecule has 1 aromatic heterocycles. The third kappa shape index (κ3) is 3.17. The lowest BCUT2D eigenvalue weighted by atomic mass is 10.0. The van der Waals surface area contributed by atoms with Crippen molar-refractivity contribution >= 4 is 0 Å². The largest absolute Gasteiger partial charge is 0.307 e. The average molecular weight is 257 g/mol. The van der Waals surface area contributed by atoms with E-state index in [1.54, 1.807) is 0 Å². The second-order valence-corrected chi connectivity index (χ2v) is 5.24. The molecule has 1 aromatic carbocycles. The Morgan fingerprint density at radius 1 is 1.32 bits per heavy atom. The zero-order valence-corrected chi connectivity index (χ0v) is 11.2. The maximum Gasteiger partial charge on any atom is 0.165 e. The van der Waals surface area contributed by atoms with Crippen LogP contribution in [0.2, 0.25) is 0 Å². The van der Waals surface area contributed by atoms with Gasteiger partial charge in [-0.15, -0.1) is 5.10 Å². The normalized spacial score (nSPS) is 16.5. The molecule has 0 bridgehead atoms. The highest BCUT2D eigenvalue weighted by atomic mass is 15.5. The zero-order valence-electron chi connectivity index (χ0n) is 11.2. The van der Waals surface area contributed by atoms with Crippen LogP contribution in [0.3, 0.4) is 0 Å². The first-order chi connectivity index (χ1) is 9.33. The average Bonchev–Trinajstić information content (AvgIpc) is 3.18. The van der Waals surface area contributed by atoms with Gasteiger partial charge in [-0.3, -0.25) is 0 Å². The summed E-state index contributed by atoms with van der Waals surface area (Å²) in [6, 6.07) is 11.2. The van der Waals surface area contributed by atoms with Crippen LogP contribution in [0.5, 0.6) is 0 Å². The number of nitrogens with one attached hydrogen (secondary N) is 1. The Morgan fingerprint density at radius 2 is 2.11 bits per heavy atom. The molecule has 5 nitrogen and oxygen atoms in total. The molecular formula is C14H19N5. The van der Waals surface area contributed by atoms with Crippen molar-refractivity contribution in [2.45, 2.75) is 44.8 Å². The summed E-state index contributed by atoms with van der Waals surface area (Å²) in [5.74, 6) is 1.33. The fraction of sp³-hybridized carbons (Fsp3) is 0.500. The summed E-state index contributed by atoms with van der Waals surface area (Å²) >= 11 is 0. The van der Waals surface area contributed by atoms with Gasteiger partial charge in [0.1, 0.15) is 0 Å². The number of benzene rings is 1. The van der Waals surface area contributed by atoms with E-state index in [1.807, 2.05) is 10.7 Å². The van der Waals surface area contributed by atoms with Crippen molar-refractivity contribution < 1.29 is 0 Å². The monoisotopic (exact) mass is 257 g/mol. The Kier molecular flexibility index (Phi) is 3.55. The minimum absolute atomic E-state index is 0.407. The Bertz CT molecular complexity index is 518. The van der Waals surface area contributed by atoms with Crippen molar-refractivity contribution in [3.63, 3.8) is 0 Å². The number of hydrogen-bond donors (Lipinski definition) is 1. The second-order valence-electron chi connectivity index (χ2n) is 5.24. The first kappa shape index (κ1) is 12.3. The van der Waals surface area contributed by atoms with Crippen molar-refractivity contribution in [1.82, 2.24) is 25.5 Å². The van der Waals surface area contributed by atoms with Crippen LogP contribution in [0, 0.1) is 0 Å². The molecule has 100 valence electrons. The highest BCUT2D eigenvalue weighted by Crippen LogP contribution is 2.19. The van der Waals surface area contributed by atoms with E-state index < -0.39 is 0 Å². The molecular weight excluding hydrogens is 238 g/mol. The molecule has 0 aliphatic heterocycles. The molecule has 0 spiro atoms. The lowest BCUT2D eigenvalue weighted by molar-refractivity contribution is 0.496. The van der Waals surface area contributed by atoms with Crippen LogP contribution >= 0.6 is 0 Å². The van der Waals surface area contributed by atoms with Crippen molar-refractivity contribution in [1.29, 1.82) is 0 Å². The molecule has 5 heteroatoms. The fourth-order valence-corrected chi connectivity index (χ4v) is 2.16. The summed E-state index contributed by atoms with van der Waals surface area (Å²) < 4.78 is 1.91. The molecule has 19 heavy (non-hydrogen) atoms. The van der Waals surface area contributed by atoms with Crippen LogP contribution in [-0.2, 0) is 13.1 Å². The highest BCUT2D eigenvalue weighted by Gasteiger charge is 2.21. The number of hydrogen-bond acceptors (Lipinski definition) is 4. The molecule has 1 unspecified atom stereocenters. The summed E-state index contributed by atoms with van der Waals surface area (Å²) in [4.78, 5) is 0. The topological polar surface area (TPSA) is 55.6 Å². The van der Waals surface area contributed by atoms with E-state index in [2.05, 4.69) is 52.0 Å². The van der Waals surface area contributed by atoms with Crippen LogP contribution in [0.4, 0.5) is 0 Å². The molecule has 0 saturated heterocycles. The van der Waals surface area contributed by atoms with Gasteiger partial charge in [0.05, 0.1) is 13.1 Å². The van der Waals surface area contributed by atoms with Gasteiger partial charge in [0, 0.05) is 12.0 Å². The van der Waals surface area contributed by atoms with Crippen LogP contribution in [0.25, 0.3) is 0 Å². The molecule has 1 fully saturated rings. The molecule has 3 rings (SSSR count). The van der Waals surface area contributed by atoms with Crippen LogP contribution in [0.1, 0.15) is 37.1 Å². The van der Waals surface area contributed by atoms with Gasteiger partial charge in [-0.25, -0.2) is 4.68 Å². The number of nitrogens with zero attached hydrogens (tertiary/aromatic N) is 4. The molecule has 1 aliphatic carbocycles. The summed E-state index contributed by atoms with van der Waals surface area (Å²) in [6.07, 6.45) is 2.56. The first-order valence-corrected chi connectivity index (χ1v) is 6.86. The van der Waals surface area contributed by atoms with Crippen LogP contribution in [0.15, 0.2) is 30.3 Å². The van der Waals surface area contributed by atoms with E-state index in [9.17, 15) is 0 Å². The van der Waals surface area contributed by atoms with Gasteiger partial charge in [-0.1, -0.05) is 37.3 Å². The lowest BCUT2D eigenvalue weighted by Gasteiger charge is -2.12. The van der Waals surface area contributed by atoms with Gasteiger partial charge >= 0.3 is 0 Å². The third-order valence-corrected chi connectivity index (χ3v) is 3.55. The predicted molar refractivity (Wildman–Crippen MR) is 72.5 cm³/mol. The van der Waals surface area contributed by atoms with Gasteiger partial charge in [0.2, 0.25) is 0 Å². The summed E-state index contributed by atoms with van der Waals surface area (Å²) in [7, 11) is 0. The summed E-state index contributed by atoms with van der Waals surface area (Å²) in [6.45, 7) is 3.78. The second kappa shape index (κ2) is 5.48. The molecule has 0 radical (unpaired) electrons. The Labute approximate surface area is 113 Å². The highest BCUT2D eigenvalue weighted by molar-refractivity contribution is 5.18. The predicted octanol–water partition coefficient (Wildman–Crippen LogP) is 1.73. The van der Waals surface area contributed by atoms with Crippen molar-refractivity contribution in [3.05, 3.63) is 41.7 Å². The zero-order chi connectivity index (χ0) is 13.1. The van der Waals surface area contributed by atoms with Crippen LogP contribution in [-0.4, -0.2) is 26.2 Å². The molecule has 0 amide bonds. The minimum Gasteiger partial charge on any atom is -0.307 e. The Morgan fingerprint density at radius 3 is 2.84 bits per heavy atom. The van der Waals surface area contributed by atoms with Gasteiger partial charge in [-0.2, -0.15) is 0 Å². The van der Waals surface area contributed by atoms with E-state index in [0.717, 1.165) is 18.9 Å². The summed E-state index contributed by atoms with van der Waals surface area (Å²) in [5.41, 5.74) is 1.32. The minimum atomic E-state index is 0.407. The van der Waals surface area contributed by atoms with E-state index in [0.29, 0.717) is 12.0 Å². The number of aromatic nitrogens is 4. The van der Waals surface area contributed by atoms with Crippen molar-refractivity contribution in [2.24, 2.45) is 0 Å². The lowest BCUT2D eigenvalue weighted by Crippen LogP contribution is -2.20. The smallest absolute Gasteiger partial charge is 0.165 e. The quantitative estimate of drug-likeness (QED) is 0.856. The maximum atomic E-state index is 4.10. The number of tetrazole rings is 1. The third-order valence-electron chi connectivity index (χ3n) is 3.55. The molecule has 1 heterocycles. The standard InChI is InChI=1S/C14H19N5/c1-11(12-5-3-2-4-6-12)10-19-14(16-17-18-19)9-15-13-7-8-13/h2-6,11,13,15H,7-10H2,1H3. The number of rotatable bonds is 6. The summed E-state index contributed by atoms with van der Waals surface area (Å²) in [5, 5.41) is 15.4. The van der Waals surface area contributed by atoms with Gasteiger partial charge in [0.15, 0.2) is 5.82 Å². The Balaban J connectivity index is 1.63. The molecule has 1 N–H and O–H groups in total. The molecule has 1 saturated carbocycles. The fourth-order valence-electron chi connectivity index (χ4n) is 2.16. The molecule has 1 atom stereocenters. The van der Waals surface area contributed by atoms with Gasteiger partial charge < -0.3 is 5.32 Å².